The number of ether oxygens (including phenoxy) is 3. The van der Waals surface area contributed by atoms with Crippen molar-refractivity contribution in [1.29, 1.82) is 5.26 Å². The van der Waals surface area contributed by atoms with E-state index in [2.05, 4.69) is 9.71 Å². The first-order chi connectivity index (χ1) is 25.1. The molecule has 2 fully saturated rings. The van der Waals surface area contributed by atoms with Gasteiger partial charge in [0.2, 0.25) is 0 Å². The maximum atomic E-state index is 16.0. The van der Waals surface area contributed by atoms with Gasteiger partial charge in [-0.2, -0.15) is 18.0 Å². The third-order valence-corrected chi connectivity index (χ3v) is 11.1. The van der Waals surface area contributed by atoms with Crippen LogP contribution in [0.15, 0.2) is 35.4 Å². The van der Waals surface area contributed by atoms with Crippen molar-refractivity contribution in [1.82, 2.24) is 18.8 Å². The Morgan fingerprint density at radius 1 is 1.13 bits per heavy atom. The second-order valence-corrected chi connectivity index (χ2v) is 17.5. The maximum Gasteiger partial charge on any atom is 0.419 e. The molecule has 0 saturated carbocycles. The summed E-state index contributed by atoms with van der Waals surface area (Å²) in [7, 11) is -2.87. The molecular formula is C36H45ClFN7O8S. The molecule has 3 heterocycles. The fourth-order valence-corrected chi connectivity index (χ4v) is 7.63. The minimum atomic E-state index is -4.18. The van der Waals surface area contributed by atoms with E-state index < -0.39 is 67.9 Å². The number of halogens is 2. The monoisotopic (exact) mass is 789 g/mol. The van der Waals surface area contributed by atoms with Crippen molar-refractivity contribution >= 4 is 62.0 Å². The van der Waals surface area contributed by atoms with Crippen molar-refractivity contribution in [2.75, 3.05) is 42.9 Å². The number of fused-ring (bicyclic) bond motifs is 1. The Balaban J connectivity index is 1.56. The molecule has 2 aliphatic rings. The number of likely N-dealkylation sites (tertiary alicyclic amines) is 1. The SMILES string of the molecule is CCN(C)S(=O)(=O)Nc1ccc(F)c(N(C(=O)OC(C)(C)C)c2ccc3ncn([C@H]4COC5(CCN(C(=O)OC(C)(C)C)CC5)C4)c(=O)c3c2Cl)c1C#N. The number of nitriles is 1. The number of benzene rings is 2. The van der Waals surface area contributed by atoms with Crippen LogP contribution in [0.1, 0.15) is 79.3 Å². The molecule has 292 valence electrons. The van der Waals surface area contributed by atoms with Gasteiger partial charge in [0.25, 0.3) is 5.56 Å². The van der Waals surface area contributed by atoms with Gasteiger partial charge in [-0.05, 0) is 85.1 Å². The molecule has 1 atom stereocenters. The van der Waals surface area contributed by atoms with Gasteiger partial charge in [-0.1, -0.05) is 18.5 Å². The molecule has 54 heavy (non-hydrogen) atoms. The number of nitrogens with one attached hydrogen (secondary N) is 1. The minimum Gasteiger partial charge on any atom is -0.444 e. The number of rotatable bonds is 7. The van der Waals surface area contributed by atoms with Crippen LogP contribution in [0.25, 0.3) is 10.9 Å². The number of carbonyl (C=O) groups is 2. The zero-order chi connectivity index (χ0) is 40.0. The lowest BCUT2D eigenvalue weighted by Crippen LogP contribution is -2.48. The van der Waals surface area contributed by atoms with Crippen LogP contribution in [0.5, 0.6) is 0 Å². The van der Waals surface area contributed by atoms with E-state index in [4.69, 9.17) is 25.8 Å². The van der Waals surface area contributed by atoms with E-state index in [0.29, 0.717) is 37.3 Å². The second kappa shape index (κ2) is 15.0. The van der Waals surface area contributed by atoms with Crippen LogP contribution in [0.2, 0.25) is 5.02 Å². The number of amides is 2. The summed E-state index contributed by atoms with van der Waals surface area (Å²) in [5.41, 5.74) is -4.42. The summed E-state index contributed by atoms with van der Waals surface area (Å²) < 4.78 is 63.9. The highest BCUT2D eigenvalue weighted by molar-refractivity contribution is 7.90. The van der Waals surface area contributed by atoms with E-state index in [1.54, 1.807) is 53.4 Å². The highest BCUT2D eigenvalue weighted by atomic mass is 35.5. The largest absolute Gasteiger partial charge is 0.444 e. The van der Waals surface area contributed by atoms with Crippen LogP contribution in [0.4, 0.5) is 31.0 Å². The number of piperidine rings is 1. The van der Waals surface area contributed by atoms with Gasteiger partial charge in [0.15, 0.2) is 0 Å². The number of anilines is 3. The summed E-state index contributed by atoms with van der Waals surface area (Å²) in [5.74, 6) is -1.07. The molecule has 1 spiro atoms. The van der Waals surface area contributed by atoms with Crippen LogP contribution in [-0.4, -0.2) is 89.5 Å². The number of hydrogen-bond donors (Lipinski definition) is 1. The van der Waals surface area contributed by atoms with E-state index in [1.165, 1.54) is 30.1 Å². The van der Waals surface area contributed by atoms with Crippen molar-refractivity contribution in [3.05, 3.63) is 57.3 Å². The predicted molar refractivity (Wildman–Crippen MR) is 201 cm³/mol. The number of carbonyl (C=O) groups excluding carboxylic acids is 2. The highest BCUT2D eigenvalue weighted by Crippen LogP contribution is 2.43. The fraction of sp³-hybridized carbons (Fsp3) is 0.528. The van der Waals surface area contributed by atoms with Gasteiger partial charge in [-0.25, -0.2) is 23.9 Å². The lowest BCUT2D eigenvalue weighted by atomic mass is 9.87. The molecule has 3 aromatic rings. The van der Waals surface area contributed by atoms with E-state index >= 15 is 4.39 Å². The van der Waals surface area contributed by atoms with E-state index in [-0.39, 0.29) is 40.5 Å². The maximum absolute atomic E-state index is 16.0. The molecule has 0 radical (unpaired) electrons. The highest BCUT2D eigenvalue weighted by Gasteiger charge is 2.45. The second-order valence-electron chi connectivity index (χ2n) is 15.3. The first-order valence-corrected chi connectivity index (χ1v) is 19.2. The summed E-state index contributed by atoms with van der Waals surface area (Å²) in [6, 6.07) is 6.08. The normalized spacial score (nSPS) is 17.4. The number of aromatic nitrogens is 2. The smallest absolute Gasteiger partial charge is 0.419 e. The van der Waals surface area contributed by atoms with Crippen LogP contribution < -0.4 is 15.2 Å². The predicted octanol–water partition coefficient (Wildman–Crippen LogP) is 6.47. The van der Waals surface area contributed by atoms with Gasteiger partial charge < -0.3 is 19.1 Å². The Morgan fingerprint density at radius 3 is 2.37 bits per heavy atom. The summed E-state index contributed by atoms with van der Waals surface area (Å²) in [6.07, 6.45) is 1.36. The molecule has 5 rings (SSSR count). The van der Waals surface area contributed by atoms with Gasteiger partial charge >= 0.3 is 22.4 Å². The average molecular weight is 790 g/mol. The van der Waals surface area contributed by atoms with Gasteiger partial charge in [-0.3, -0.25) is 14.1 Å². The summed E-state index contributed by atoms with van der Waals surface area (Å²) >= 11 is 6.97. The Hall–Kier alpha value is -4.50. The first-order valence-electron chi connectivity index (χ1n) is 17.4. The van der Waals surface area contributed by atoms with Gasteiger partial charge in [0.1, 0.15) is 34.3 Å². The lowest BCUT2D eigenvalue weighted by molar-refractivity contribution is -0.0486. The average Bonchev–Trinajstić information content (AvgIpc) is 3.48. The standard InChI is InChI=1S/C36H45ClFN7O8S/c1-9-42(8)54(49,50)41-25-11-10-24(38)30(23(25)19-39)45(33(48)53-35(5,6)7)27-13-12-26-28(29(27)37)31(46)44(21-40-26)22-18-36(51-20-22)14-16-43(17-15-36)32(47)52-34(2,3)4/h10-13,21-22,41H,9,14-18,20H2,1-8H3/t22-/m1/s1. The molecule has 0 bridgehead atoms. The Bertz CT molecular complexity index is 2170. The number of hydrogen-bond acceptors (Lipinski definition) is 10. The molecule has 15 nitrogen and oxygen atoms in total. The summed E-state index contributed by atoms with van der Waals surface area (Å²) in [6.45, 7) is 12.9. The topological polar surface area (TPSA) is 176 Å². The van der Waals surface area contributed by atoms with E-state index in [1.807, 2.05) is 6.07 Å². The molecule has 2 aromatic carbocycles. The van der Waals surface area contributed by atoms with Crippen LogP contribution >= 0.6 is 11.6 Å². The molecule has 1 aromatic heterocycles. The molecule has 0 unspecified atom stereocenters. The van der Waals surface area contributed by atoms with Gasteiger partial charge in [0, 0.05) is 26.7 Å². The summed E-state index contributed by atoms with van der Waals surface area (Å²) in [5, 5.41) is 9.90. The lowest BCUT2D eigenvalue weighted by Gasteiger charge is -2.39. The molecule has 0 aliphatic carbocycles. The fourth-order valence-electron chi connectivity index (χ4n) is 6.36. The molecular weight excluding hydrogens is 745 g/mol. The van der Waals surface area contributed by atoms with Crippen molar-refractivity contribution in [2.24, 2.45) is 0 Å². The van der Waals surface area contributed by atoms with Crippen LogP contribution in [-0.2, 0) is 24.4 Å². The van der Waals surface area contributed by atoms with Crippen LogP contribution in [0, 0.1) is 17.1 Å². The van der Waals surface area contributed by atoms with E-state index in [0.717, 1.165) is 16.4 Å². The quantitative estimate of drug-likeness (QED) is 0.279. The summed E-state index contributed by atoms with van der Waals surface area (Å²) in [4.78, 5) is 47.7. The molecule has 18 heteroatoms. The Morgan fingerprint density at radius 2 is 1.78 bits per heavy atom. The zero-order valence-electron chi connectivity index (χ0n) is 31.5. The molecule has 1 N–H and O–H groups in total. The van der Waals surface area contributed by atoms with Crippen molar-refractivity contribution in [3.63, 3.8) is 0 Å². The van der Waals surface area contributed by atoms with Crippen molar-refractivity contribution < 1.29 is 36.6 Å². The minimum absolute atomic E-state index is 0.0914. The Labute approximate surface area is 318 Å². The number of nitrogens with zero attached hydrogens (tertiary/aromatic N) is 6. The van der Waals surface area contributed by atoms with Crippen LogP contribution in [0.3, 0.4) is 0 Å². The van der Waals surface area contributed by atoms with Gasteiger partial charge in [-0.15, -0.1) is 0 Å². The van der Waals surface area contributed by atoms with Crippen molar-refractivity contribution in [2.45, 2.75) is 90.6 Å². The third kappa shape index (κ3) is 8.41. The zero-order valence-corrected chi connectivity index (χ0v) is 33.1. The van der Waals surface area contributed by atoms with Gasteiger partial charge in [0.05, 0.1) is 51.9 Å². The molecule has 2 saturated heterocycles. The van der Waals surface area contributed by atoms with Crippen molar-refractivity contribution in [3.8, 4) is 6.07 Å². The molecule has 2 amide bonds. The first kappa shape index (κ1) is 40.7. The third-order valence-electron chi connectivity index (χ3n) is 9.15. The molecule has 2 aliphatic heterocycles. The van der Waals surface area contributed by atoms with E-state index in [9.17, 15) is 28.1 Å². The Kier molecular flexibility index (Phi) is 11.3.